The number of carbonyl (C=O) groups excluding carboxylic acids is 1. The van der Waals surface area contributed by atoms with Gasteiger partial charge in [0.1, 0.15) is 6.07 Å². The summed E-state index contributed by atoms with van der Waals surface area (Å²) in [6.07, 6.45) is 3.54. The normalized spacial score (nSPS) is 19.4. The fraction of sp³-hybridized carbons (Fsp3) is 0.467. The highest BCUT2D eigenvalue weighted by Crippen LogP contribution is 2.20. The first-order chi connectivity index (χ1) is 9.60. The average Bonchev–Trinajstić information content (AvgIpc) is 2.41. The van der Waals surface area contributed by atoms with E-state index in [4.69, 9.17) is 16.9 Å². The van der Waals surface area contributed by atoms with Crippen LogP contribution in [-0.4, -0.2) is 29.9 Å². The molecule has 0 bridgehead atoms. The van der Waals surface area contributed by atoms with Crippen molar-refractivity contribution in [2.45, 2.75) is 32.2 Å². The SMILES string of the molecule is C[C@H]1CCCCN1CC(=O)Nc1ccc(C#N)c(Cl)c1. The number of likely N-dealkylation sites (tertiary alicyclic amines) is 1. The lowest BCUT2D eigenvalue weighted by Crippen LogP contribution is -2.42. The minimum absolute atomic E-state index is 0.0421. The molecule has 1 saturated heterocycles. The Labute approximate surface area is 124 Å². The summed E-state index contributed by atoms with van der Waals surface area (Å²) in [4.78, 5) is 14.2. The molecule has 1 aromatic rings. The molecule has 0 spiro atoms. The largest absolute Gasteiger partial charge is 0.325 e. The van der Waals surface area contributed by atoms with Crippen molar-refractivity contribution in [3.05, 3.63) is 28.8 Å². The van der Waals surface area contributed by atoms with Gasteiger partial charge in [-0.15, -0.1) is 0 Å². The lowest BCUT2D eigenvalue weighted by molar-refractivity contribution is -0.118. The van der Waals surface area contributed by atoms with Crippen molar-refractivity contribution in [1.29, 1.82) is 5.26 Å². The lowest BCUT2D eigenvalue weighted by Gasteiger charge is -2.32. The van der Waals surface area contributed by atoms with E-state index in [1.807, 2.05) is 6.07 Å². The molecule has 0 saturated carbocycles. The predicted molar refractivity (Wildman–Crippen MR) is 79.7 cm³/mol. The summed E-state index contributed by atoms with van der Waals surface area (Å²) in [6, 6.07) is 7.37. The number of nitriles is 1. The van der Waals surface area contributed by atoms with Gasteiger partial charge in [0.15, 0.2) is 0 Å². The lowest BCUT2D eigenvalue weighted by atomic mass is 10.0. The summed E-state index contributed by atoms with van der Waals surface area (Å²) in [5.74, 6) is -0.0421. The van der Waals surface area contributed by atoms with Gasteiger partial charge in [0.25, 0.3) is 0 Å². The summed E-state index contributed by atoms with van der Waals surface area (Å²) in [6.45, 7) is 3.53. The van der Waals surface area contributed by atoms with E-state index in [2.05, 4.69) is 17.1 Å². The van der Waals surface area contributed by atoms with E-state index in [9.17, 15) is 4.79 Å². The second kappa shape index (κ2) is 6.74. The third kappa shape index (κ3) is 3.72. The molecular formula is C15H18ClN3O. The highest BCUT2D eigenvalue weighted by molar-refractivity contribution is 6.32. The molecule has 20 heavy (non-hydrogen) atoms. The van der Waals surface area contributed by atoms with Crippen LogP contribution in [0.3, 0.4) is 0 Å². The van der Waals surface area contributed by atoms with Crippen LogP contribution in [0.1, 0.15) is 31.7 Å². The summed E-state index contributed by atoms with van der Waals surface area (Å²) in [5.41, 5.74) is 1.04. The molecule has 0 unspecified atom stereocenters. The Hall–Kier alpha value is -1.57. The Balaban J connectivity index is 1.94. The van der Waals surface area contributed by atoms with Crippen molar-refractivity contribution in [3.63, 3.8) is 0 Å². The molecule has 1 aliphatic rings. The van der Waals surface area contributed by atoms with Crippen molar-refractivity contribution in [2.75, 3.05) is 18.4 Å². The average molecular weight is 292 g/mol. The van der Waals surface area contributed by atoms with E-state index >= 15 is 0 Å². The predicted octanol–water partition coefficient (Wildman–Crippen LogP) is 3.02. The zero-order chi connectivity index (χ0) is 14.5. The Morgan fingerprint density at radius 1 is 1.55 bits per heavy atom. The number of piperidine rings is 1. The van der Waals surface area contributed by atoms with Crippen LogP contribution in [0.4, 0.5) is 5.69 Å². The number of amides is 1. The number of halogens is 1. The number of hydrogen-bond acceptors (Lipinski definition) is 3. The Bertz CT molecular complexity index is 538. The van der Waals surface area contributed by atoms with Gasteiger partial charge < -0.3 is 5.32 Å². The first kappa shape index (κ1) is 14.8. The summed E-state index contributed by atoms with van der Waals surface area (Å²) < 4.78 is 0. The van der Waals surface area contributed by atoms with Gasteiger partial charge in [-0.1, -0.05) is 18.0 Å². The second-order valence-electron chi connectivity index (χ2n) is 5.17. The molecule has 4 nitrogen and oxygen atoms in total. The molecule has 2 rings (SSSR count). The molecular weight excluding hydrogens is 274 g/mol. The molecule has 1 amide bonds. The topological polar surface area (TPSA) is 56.1 Å². The van der Waals surface area contributed by atoms with E-state index in [0.29, 0.717) is 28.9 Å². The van der Waals surface area contributed by atoms with E-state index < -0.39 is 0 Å². The molecule has 0 radical (unpaired) electrons. The molecule has 1 fully saturated rings. The third-order valence-electron chi connectivity index (χ3n) is 3.66. The van der Waals surface area contributed by atoms with E-state index in [-0.39, 0.29) is 5.91 Å². The molecule has 1 heterocycles. The quantitative estimate of drug-likeness (QED) is 0.931. The number of anilines is 1. The Morgan fingerprint density at radius 3 is 3.00 bits per heavy atom. The van der Waals surface area contributed by atoms with Crippen molar-refractivity contribution in [2.24, 2.45) is 0 Å². The van der Waals surface area contributed by atoms with Gasteiger partial charge in [-0.05, 0) is 44.5 Å². The van der Waals surface area contributed by atoms with Crippen LogP contribution >= 0.6 is 11.6 Å². The molecule has 1 aliphatic heterocycles. The summed E-state index contributed by atoms with van der Waals surface area (Å²) >= 11 is 5.94. The minimum atomic E-state index is -0.0421. The number of nitrogens with one attached hydrogen (secondary N) is 1. The number of hydrogen-bond donors (Lipinski definition) is 1. The Kier molecular flexibility index (Phi) is 4.99. The van der Waals surface area contributed by atoms with Gasteiger partial charge in [0, 0.05) is 11.7 Å². The maximum absolute atomic E-state index is 12.0. The molecule has 1 N–H and O–H groups in total. The molecule has 5 heteroatoms. The van der Waals surface area contributed by atoms with Gasteiger partial charge in [-0.25, -0.2) is 0 Å². The highest BCUT2D eigenvalue weighted by Gasteiger charge is 2.20. The van der Waals surface area contributed by atoms with Gasteiger partial charge in [-0.2, -0.15) is 5.26 Å². The molecule has 0 aliphatic carbocycles. The first-order valence-electron chi connectivity index (χ1n) is 6.83. The minimum Gasteiger partial charge on any atom is -0.325 e. The first-order valence-corrected chi connectivity index (χ1v) is 7.21. The number of nitrogens with zero attached hydrogens (tertiary/aromatic N) is 2. The molecule has 0 aromatic heterocycles. The van der Waals surface area contributed by atoms with E-state index in [0.717, 1.165) is 19.4 Å². The maximum Gasteiger partial charge on any atom is 0.238 e. The zero-order valence-corrected chi connectivity index (χ0v) is 12.3. The molecule has 106 valence electrons. The highest BCUT2D eigenvalue weighted by atomic mass is 35.5. The summed E-state index contributed by atoms with van der Waals surface area (Å²) in [7, 11) is 0. The smallest absolute Gasteiger partial charge is 0.238 e. The molecule has 1 aromatic carbocycles. The van der Waals surface area contributed by atoms with E-state index in [1.54, 1.807) is 18.2 Å². The Morgan fingerprint density at radius 2 is 2.35 bits per heavy atom. The fourth-order valence-electron chi connectivity index (χ4n) is 2.46. The number of rotatable bonds is 3. The van der Waals surface area contributed by atoms with Crippen molar-refractivity contribution < 1.29 is 4.79 Å². The van der Waals surface area contributed by atoms with Crippen LogP contribution < -0.4 is 5.32 Å². The van der Waals surface area contributed by atoms with Crippen LogP contribution in [-0.2, 0) is 4.79 Å². The van der Waals surface area contributed by atoms with Gasteiger partial charge in [0.2, 0.25) is 5.91 Å². The monoisotopic (exact) mass is 291 g/mol. The van der Waals surface area contributed by atoms with Gasteiger partial charge in [-0.3, -0.25) is 9.69 Å². The van der Waals surface area contributed by atoms with Gasteiger partial charge in [0.05, 0.1) is 17.1 Å². The third-order valence-corrected chi connectivity index (χ3v) is 3.97. The van der Waals surface area contributed by atoms with Crippen molar-refractivity contribution in [1.82, 2.24) is 4.90 Å². The number of benzene rings is 1. The van der Waals surface area contributed by atoms with Gasteiger partial charge >= 0.3 is 0 Å². The van der Waals surface area contributed by atoms with Crippen molar-refractivity contribution >= 4 is 23.2 Å². The van der Waals surface area contributed by atoms with Crippen LogP contribution in [0.15, 0.2) is 18.2 Å². The van der Waals surface area contributed by atoms with E-state index in [1.165, 1.54) is 6.42 Å². The fourth-order valence-corrected chi connectivity index (χ4v) is 2.68. The van der Waals surface area contributed by atoms with Crippen molar-refractivity contribution in [3.8, 4) is 6.07 Å². The molecule has 1 atom stereocenters. The zero-order valence-electron chi connectivity index (χ0n) is 11.5. The second-order valence-corrected chi connectivity index (χ2v) is 5.58. The summed E-state index contributed by atoms with van der Waals surface area (Å²) in [5, 5.41) is 12.0. The number of carbonyl (C=O) groups is 1. The standard InChI is InChI=1S/C15H18ClN3O/c1-11-4-2-3-7-19(11)10-15(20)18-13-6-5-12(9-17)14(16)8-13/h5-6,8,11H,2-4,7,10H2,1H3,(H,18,20)/t11-/m0/s1. The van der Waals surface area contributed by atoms with Crippen LogP contribution in [0, 0.1) is 11.3 Å². The van der Waals surface area contributed by atoms with Crippen LogP contribution in [0.25, 0.3) is 0 Å². The van der Waals surface area contributed by atoms with Crippen LogP contribution in [0.2, 0.25) is 5.02 Å². The van der Waals surface area contributed by atoms with Crippen LogP contribution in [0.5, 0.6) is 0 Å². The maximum atomic E-state index is 12.0.